The van der Waals surface area contributed by atoms with Crippen molar-refractivity contribution in [3.8, 4) is 0 Å². The number of hydrogen-bond donors (Lipinski definition) is 0. The Balaban J connectivity index is 1.69. The highest BCUT2D eigenvalue weighted by Crippen LogP contribution is 2.60. The summed E-state index contributed by atoms with van der Waals surface area (Å²) < 4.78 is 5.27. The van der Waals surface area contributed by atoms with E-state index in [4.69, 9.17) is 16.3 Å². The molecule has 6 rings (SSSR count). The van der Waals surface area contributed by atoms with Crippen molar-refractivity contribution in [3.63, 3.8) is 0 Å². The Labute approximate surface area is 201 Å². The van der Waals surface area contributed by atoms with Gasteiger partial charge in [-0.25, -0.2) is 4.79 Å². The van der Waals surface area contributed by atoms with E-state index in [9.17, 15) is 14.4 Å². The van der Waals surface area contributed by atoms with Crippen molar-refractivity contribution >= 4 is 40.9 Å². The van der Waals surface area contributed by atoms with Crippen molar-refractivity contribution in [3.05, 3.63) is 106 Å². The number of ether oxygens (including phenoxy) is 1. The summed E-state index contributed by atoms with van der Waals surface area (Å²) in [7, 11) is 1.33. The van der Waals surface area contributed by atoms with Crippen LogP contribution in [0.3, 0.4) is 0 Å². The van der Waals surface area contributed by atoms with Crippen LogP contribution in [0.5, 0.6) is 0 Å². The van der Waals surface area contributed by atoms with Gasteiger partial charge in [0, 0.05) is 27.8 Å². The number of fused-ring (bicyclic) bond motifs is 5. The van der Waals surface area contributed by atoms with Gasteiger partial charge in [-0.3, -0.25) is 9.59 Å². The van der Waals surface area contributed by atoms with Crippen LogP contribution in [0.25, 0.3) is 6.08 Å². The molecule has 1 spiro atoms. The maximum Gasteiger partial charge on any atom is 0.329 e. The molecule has 3 aromatic carbocycles. The number of carbonyl (C=O) groups is 3. The van der Waals surface area contributed by atoms with Gasteiger partial charge in [0.25, 0.3) is 0 Å². The van der Waals surface area contributed by atoms with Gasteiger partial charge in [-0.05, 0) is 29.3 Å². The molecule has 0 bridgehead atoms. The number of carbonyl (C=O) groups excluding carboxylic acids is 3. The molecule has 2 aliphatic heterocycles. The number of para-hydroxylation sites is 1. The third-order valence-corrected chi connectivity index (χ3v) is 7.64. The summed E-state index contributed by atoms with van der Waals surface area (Å²) in [6.07, 6.45) is 3.82. The smallest absolute Gasteiger partial charge is 0.329 e. The number of methoxy groups -OCH3 is 1. The molecule has 0 amide bonds. The number of ketones is 2. The van der Waals surface area contributed by atoms with Crippen LogP contribution in [0.4, 0.5) is 5.69 Å². The molecule has 2 heterocycles. The Kier molecular flexibility index (Phi) is 4.55. The largest absolute Gasteiger partial charge is 0.467 e. The summed E-state index contributed by atoms with van der Waals surface area (Å²) in [5.74, 6) is -1.80. The van der Waals surface area contributed by atoms with Crippen LogP contribution in [0.1, 0.15) is 37.8 Å². The lowest BCUT2D eigenvalue weighted by Crippen LogP contribution is -2.48. The molecule has 0 saturated carbocycles. The van der Waals surface area contributed by atoms with Crippen molar-refractivity contribution in [1.82, 2.24) is 0 Å². The van der Waals surface area contributed by atoms with E-state index in [1.165, 1.54) is 7.11 Å². The topological polar surface area (TPSA) is 63.7 Å². The average Bonchev–Trinajstić information content (AvgIpc) is 3.31. The molecule has 1 aliphatic carbocycles. The molecule has 5 nitrogen and oxygen atoms in total. The second kappa shape index (κ2) is 7.40. The molecule has 3 aliphatic rings. The first-order chi connectivity index (χ1) is 16.5. The summed E-state index contributed by atoms with van der Waals surface area (Å²) in [6, 6.07) is 20.1. The fourth-order valence-electron chi connectivity index (χ4n) is 6.05. The highest BCUT2D eigenvalue weighted by Gasteiger charge is 2.71. The average molecular weight is 470 g/mol. The van der Waals surface area contributed by atoms with Crippen LogP contribution in [-0.2, 0) is 9.53 Å². The minimum atomic E-state index is -1.51. The van der Waals surface area contributed by atoms with Gasteiger partial charge in [0.15, 0.2) is 11.6 Å². The van der Waals surface area contributed by atoms with Crippen molar-refractivity contribution in [2.24, 2.45) is 5.41 Å². The molecule has 0 N–H and O–H groups in total. The first-order valence-electron chi connectivity index (χ1n) is 11.1. The monoisotopic (exact) mass is 469 g/mol. The second-order valence-electron chi connectivity index (χ2n) is 8.84. The standard InChI is InChI=1S/C28H20ClNO4/c1-34-27(33)24-23(17-10-13-18(29)14-11-17)28(25(31)19-7-3-4-8-20(19)26(28)32)22-15-12-16-6-2-5-9-21(16)30(22)24/h2-15,22-24H,1H3/t22?,23-,24+/m0/s1. The number of benzene rings is 3. The van der Waals surface area contributed by atoms with Gasteiger partial charge in [-0.15, -0.1) is 0 Å². The molecule has 168 valence electrons. The summed E-state index contributed by atoms with van der Waals surface area (Å²) in [6.45, 7) is 0. The molecule has 3 aromatic rings. The van der Waals surface area contributed by atoms with Crippen LogP contribution in [0, 0.1) is 5.41 Å². The summed E-state index contributed by atoms with van der Waals surface area (Å²) >= 11 is 6.17. The Morgan fingerprint density at radius 3 is 2.18 bits per heavy atom. The van der Waals surface area contributed by atoms with E-state index in [1.54, 1.807) is 48.5 Å². The van der Waals surface area contributed by atoms with Gasteiger partial charge >= 0.3 is 5.97 Å². The number of Topliss-reactive ketones (excluding diaryl/α,β-unsaturated/α-hetero) is 2. The second-order valence-corrected chi connectivity index (χ2v) is 9.28. The molecule has 1 fully saturated rings. The minimum Gasteiger partial charge on any atom is -0.467 e. The Bertz CT molecular complexity index is 1360. The predicted molar refractivity (Wildman–Crippen MR) is 129 cm³/mol. The summed E-state index contributed by atoms with van der Waals surface area (Å²) in [5, 5.41) is 0.528. The molecule has 1 unspecified atom stereocenters. The Morgan fingerprint density at radius 2 is 1.53 bits per heavy atom. The highest BCUT2D eigenvalue weighted by molar-refractivity contribution is 6.32. The Morgan fingerprint density at radius 1 is 0.912 bits per heavy atom. The summed E-state index contributed by atoms with van der Waals surface area (Å²) in [4.78, 5) is 43.8. The minimum absolute atomic E-state index is 0.265. The fraction of sp³-hybridized carbons (Fsp3) is 0.179. The molecule has 34 heavy (non-hydrogen) atoms. The van der Waals surface area contributed by atoms with Crippen LogP contribution < -0.4 is 4.90 Å². The molecule has 6 heteroatoms. The van der Waals surface area contributed by atoms with Crippen LogP contribution in [0.15, 0.2) is 78.9 Å². The van der Waals surface area contributed by atoms with Crippen molar-refractivity contribution < 1.29 is 19.1 Å². The van der Waals surface area contributed by atoms with Crippen molar-refractivity contribution in [2.75, 3.05) is 12.0 Å². The number of hydrogen-bond acceptors (Lipinski definition) is 5. The van der Waals surface area contributed by atoms with E-state index in [2.05, 4.69) is 0 Å². The highest BCUT2D eigenvalue weighted by atomic mass is 35.5. The lowest BCUT2D eigenvalue weighted by Gasteiger charge is -2.36. The first-order valence-corrected chi connectivity index (χ1v) is 11.5. The number of anilines is 1. The zero-order valence-corrected chi connectivity index (χ0v) is 19.0. The van der Waals surface area contributed by atoms with Crippen LogP contribution in [0.2, 0.25) is 5.02 Å². The molecular formula is C28H20ClNO4. The fourth-order valence-corrected chi connectivity index (χ4v) is 6.18. The Hall–Kier alpha value is -3.70. The normalized spacial score (nSPS) is 23.6. The third-order valence-electron chi connectivity index (χ3n) is 7.38. The lowest BCUT2D eigenvalue weighted by molar-refractivity contribution is -0.142. The van der Waals surface area contributed by atoms with E-state index in [0.717, 1.165) is 11.3 Å². The molecule has 0 aromatic heterocycles. The van der Waals surface area contributed by atoms with Crippen LogP contribution in [-0.4, -0.2) is 36.7 Å². The van der Waals surface area contributed by atoms with Gasteiger partial charge < -0.3 is 9.64 Å². The van der Waals surface area contributed by atoms with Gasteiger partial charge in [0.1, 0.15) is 11.5 Å². The quantitative estimate of drug-likeness (QED) is 0.392. The molecule has 1 saturated heterocycles. The third kappa shape index (κ3) is 2.53. The molecule has 0 radical (unpaired) electrons. The number of nitrogens with zero attached hydrogens (tertiary/aromatic N) is 1. The van der Waals surface area contributed by atoms with Gasteiger partial charge in [-0.1, -0.05) is 78.4 Å². The zero-order valence-electron chi connectivity index (χ0n) is 18.3. The number of halogens is 1. The van der Waals surface area contributed by atoms with Gasteiger partial charge in [0.2, 0.25) is 0 Å². The van der Waals surface area contributed by atoms with Crippen LogP contribution >= 0.6 is 11.6 Å². The van der Waals surface area contributed by atoms with Crippen molar-refractivity contribution in [1.29, 1.82) is 0 Å². The lowest BCUT2D eigenvalue weighted by atomic mass is 9.65. The number of rotatable bonds is 2. The molecule has 3 atom stereocenters. The SMILES string of the molecule is COC(=O)[C@H]1[C@H](c2ccc(Cl)cc2)C2(C(=O)c3ccccc3C2=O)C2C=Cc3ccccc3N21. The predicted octanol–water partition coefficient (Wildman–Crippen LogP) is 4.95. The van der Waals surface area contributed by atoms with E-state index in [1.807, 2.05) is 41.3 Å². The van der Waals surface area contributed by atoms with Gasteiger partial charge in [0.05, 0.1) is 13.2 Å². The summed E-state index contributed by atoms with van der Waals surface area (Å²) in [5.41, 5.74) is 1.66. The van der Waals surface area contributed by atoms with Gasteiger partial charge in [-0.2, -0.15) is 0 Å². The van der Waals surface area contributed by atoms with Crippen molar-refractivity contribution in [2.45, 2.75) is 18.0 Å². The zero-order chi connectivity index (χ0) is 23.6. The molecular weight excluding hydrogens is 450 g/mol. The maximum atomic E-state index is 14.2. The van der Waals surface area contributed by atoms with E-state index >= 15 is 0 Å². The number of esters is 1. The maximum absolute atomic E-state index is 14.2. The van der Waals surface area contributed by atoms with E-state index in [0.29, 0.717) is 21.7 Å². The van der Waals surface area contributed by atoms with E-state index < -0.39 is 29.4 Å². The van der Waals surface area contributed by atoms with E-state index in [-0.39, 0.29) is 11.6 Å². The first kappa shape index (κ1) is 20.9.